The Morgan fingerprint density at radius 3 is 2.69 bits per heavy atom. The number of benzene rings is 1. The number of rotatable bonds is 5. The van der Waals surface area contributed by atoms with Crippen LogP contribution in [0, 0.1) is 10.1 Å². The zero-order chi connectivity index (χ0) is 21.7. The SMILES string of the molecule is CCC(=O)SC1CC(=O)N1C(O)C(=O)O.O=C1Nc2ccc(cc2[N+](=O)[O-])CO1. The Morgan fingerprint density at radius 1 is 1.45 bits per heavy atom. The summed E-state index contributed by atoms with van der Waals surface area (Å²) in [4.78, 5) is 54.3. The number of aliphatic hydroxyl groups is 1. The van der Waals surface area contributed by atoms with Crippen molar-refractivity contribution in [2.24, 2.45) is 0 Å². The van der Waals surface area contributed by atoms with E-state index in [1.54, 1.807) is 13.0 Å². The summed E-state index contributed by atoms with van der Waals surface area (Å²) in [6, 6.07) is 4.55. The number of carbonyl (C=O) groups is 4. The number of aliphatic carboxylic acids is 1. The van der Waals surface area contributed by atoms with Gasteiger partial charge in [-0.15, -0.1) is 0 Å². The Bertz CT molecular complexity index is 860. The summed E-state index contributed by atoms with van der Waals surface area (Å²) >= 11 is 0.887. The van der Waals surface area contributed by atoms with Gasteiger partial charge in [0, 0.05) is 12.5 Å². The third kappa shape index (κ3) is 5.42. The van der Waals surface area contributed by atoms with E-state index in [0.29, 0.717) is 12.0 Å². The van der Waals surface area contributed by atoms with Crippen LogP contribution in [-0.4, -0.2) is 54.7 Å². The summed E-state index contributed by atoms with van der Waals surface area (Å²) in [6.07, 6.45) is -2.12. The quantitative estimate of drug-likeness (QED) is 0.352. The minimum Gasteiger partial charge on any atom is -0.478 e. The van der Waals surface area contributed by atoms with E-state index in [2.05, 4.69) is 5.32 Å². The Morgan fingerprint density at radius 2 is 2.14 bits per heavy atom. The van der Waals surface area contributed by atoms with Crippen LogP contribution in [0.2, 0.25) is 0 Å². The van der Waals surface area contributed by atoms with Gasteiger partial charge in [0.1, 0.15) is 12.3 Å². The number of fused-ring (bicyclic) bond motifs is 5. The maximum atomic E-state index is 11.1. The molecule has 12 nitrogen and oxygen atoms in total. The van der Waals surface area contributed by atoms with Crippen molar-refractivity contribution in [2.75, 3.05) is 5.32 Å². The molecule has 1 aromatic rings. The fourth-order valence-electron chi connectivity index (χ4n) is 2.37. The highest BCUT2D eigenvalue weighted by molar-refractivity contribution is 8.14. The van der Waals surface area contributed by atoms with Gasteiger partial charge in [0.15, 0.2) is 5.12 Å². The lowest BCUT2D eigenvalue weighted by Gasteiger charge is -2.40. The van der Waals surface area contributed by atoms with E-state index in [9.17, 15) is 29.3 Å². The summed E-state index contributed by atoms with van der Waals surface area (Å²) in [5.74, 6) is -1.94. The number of nitrogens with zero attached hydrogens (tertiary/aromatic N) is 2. The van der Waals surface area contributed by atoms with Gasteiger partial charge in [-0.3, -0.25) is 29.9 Å². The number of β-lactam (4-membered cyclic amide) rings is 1. The third-order valence-electron chi connectivity index (χ3n) is 3.85. The van der Waals surface area contributed by atoms with Gasteiger partial charge >= 0.3 is 12.1 Å². The number of hydrogen-bond donors (Lipinski definition) is 3. The van der Waals surface area contributed by atoms with E-state index in [1.807, 2.05) is 0 Å². The number of nitrogens with one attached hydrogen (secondary N) is 1. The van der Waals surface area contributed by atoms with Gasteiger partial charge in [-0.1, -0.05) is 24.8 Å². The molecular formula is C16H17N3O9S. The molecule has 0 aromatic heterocycles. The molecule has 2 unspecified atom stereocenters. The van der Waals surface area contributed by atoms with Crippen LogP contribution in [0.3, 0.4) is 0 Å². The smallest absolute Gasteiger partial charge is 0.412 e. The second-order valence-electron chi connectivity index (χ2n) is 5.82. The van der Waals surface area contributed by atoms with Gasteiger partial charge in [0.25, 0.3) is 5.69 Å². The van der Waals surface area contributed by atoms with Gasteiger partial charge < -0.3 is 14.9 Å². The van der Waals surface area contributed by atoms with Crippen molar-refractivity contribution in [1.29, 1.82) is 0 Å². The molecule has 3 aliphatic heterocycles. The predicted octanol–water partition coefficient (Wildman–Crippen LogP) is 1.27. The largest absolute Gasteiger partial charge is 0.478 e. The Balaban J connectivity index is 0.000000207. The van der Waals surface area contributed by atoms with Crippen molar-refractivity contribution in [1.82, 2.24) is 4.90 Å². The molecule has 2 amide bonds. The van der Waals surface area contributed by atoms with Gasteiger partial charge in [0.2, 0.25) is 12.1 Å². The van der Waals surface area contributed by atoms with Crippen LogP contribution in [0.1, 0.15) is 25.3 Å². The summed E-state index contributed by atoms with van der Waals surface area (Å²) in [6.45, 7) is 1.72. The van der Waals surface area contributed by atoms with Crippen LogP contribution in [-0.2, 0) is 25.7 Å². The Labute approximate surface area is 168 Å². The summed E-state index contributed by atoms with van der Waals surface area (Å²) in [7, 11) is 0. The molecule has 29 heavy (non-hydrogen) atoms. The summed E-state index contributed by atoms with van der Waals surface area (Å²) in [5, 5.41) is 29.9. The van der Waals surface area contributed by atoms with Gasteiger partial charge in [-0.05, 0) is 11.6 Å². The molecule has 0 aliphatic carbocycles. The summed E-state index contributed by atoms with van der Waals surface area (Å²) in [5.41, 5.74) is 0.651. The van der Waals surface area contributed by atoms with E-state index in [0.717, 1.165) is 16.7 Å². The number of carboxylic acids is 1. The monoisotopic (exact) mass is 427 g/mol. The van der Waals surface area contributed by atoms with Crippen molar-refractivity contribution in [3.05, 3.63) is 33.9 Å². The molecular weight excluding hydrogens is 410 g/mol. The standard InChI is InChI=1S/C8H6N2O4.C8H11NO5S/c11-8-9-6-2-1-5(4-14-8)3-7(6)10(12)13;1-2-6(11)15-5-3-4(10)9(5)7(12)8(13)14/h1-3H,4H2,(H,9,11);5,7,12H,2-3H2,1H3,(H,13,14). The van der Waals surface area contributed by atoms with Gasteiger partial charge in [-0.25, -0.2) is 9.59 Å². The van der Waals surface area contributed by atoms with Crippen LogP contribution in [0.5, 0.6) is 0 Å². The molecule has 0 spiro atoms. The van der Waals surface area contributed by atoms with Crippen LogP contribution in [0.25, 0.3) is 0 Å². The Kier molecular flexibility index (Phi) is 7.12. The molecule has 2 atom stereocenters. The van der Waals surface area contributed by atoms with E-state index in [4.69, 9.17) is 14.9 Å². The average molecular weight is 427 g/mol. The van der Waals surface area contributed by atoms with Crippen molar-refractivity contribution < 1.29 is 39.1 Å². The molecule has 3 N–H and O–H groups in total. The summed E-state index contributed by atoms with van der Waals surface area (Å²) < 4.78 is 4.72. The number of aliphatic hydroxyl groups excluding tert-OH is 1. The van der Waals surface area contributed by atoms with Gasteiger partial charge in [0.05, 0.1) is 16.7 Å². The average Bonchev–Trinajstić information content (AvgIpc) is 2.64. The molecule has 0 saturated carbocycles. The molecule has 1 aromatic carbocycles. The first-order chi connectivity index (χ1) is 13.6. The zero-order valence-electron chi connectivity index (χ0n) is 15.1. The maximum Gasteiger partial charge on any atom is 0.412 e. The first-order valence-electron chi connectivity index (χ1n) is 8.26. The molecule has 13 heteroatoms. The zero-order valence-corrected chi connectivity index (χ0v) is 15.9. The molecule has 2 bridgehead atoms. The topological polar surface area (TPSA) is 176 Å². The molecule has 1 fully saturated rings. The third-order valence-corrected chi connectivity index (χ3v) is 5.07. The Hall–Kier alpha value is -3.19. The number of nitro groups is 1. The molecule has 0 radical (unpaired) electrons. The van der Waals surface area contributed by atoms with Crippen molar-refractivity contribution in [3.63, 3.8) is 0 Å². The number of likely N-dealkylation sites (tertiary alicyclic amines) is 1. The van der Waals surface area contributed by atoms with Crippen molar-refractivity contribution in [3.8, 4) is 0 Å². The van der Waals surface area contributed by atoms with E-state index in [1.165, 1.54) is 12.1 Å². The molecule has 1 saturated heterocycles. The number of amides is 2. The highest BCUT2D eigenvalue weighted by Gasteiger charge is 2.44. The van der Waals surface area contributed by atoms with Crippen LogP contribution >= 0.6 is 11.8 Å². The normalized spacial score (nSPS) is 18.1. The lowest BCUT2D eigenvalue weighted by atomic mass is 10.1. The minimum absolute atomic E-state index is 0.0486. The molecule has 3 heterocycles. The van der Waals surface area contributed by atoms with E-state index >= 15 is 0 Å². The van der Waals surface area contributed by atoms with Crippen LogP contribution in [0.4, 0.5) is 16.2 Å². The fourth-order valence-corrected chi connectivity index (χ4v) is 3.41. The first-order valence-corrected chi connectivity index (χ1v) is 9.14. The highest BCUT2D eigenvalue weighted by atomic mass is 32.2. The highest BCUT2D eigenvalue weighted by Crippen LogP contribution is 2.32. The maximum absolute atomic E-state index is 11.1. The number of anilines is 1. The minimum atomic E-state index is -1.85. The second-order valence-corrected chi connectivity index (χ2v) is 7.06. The van der Waals surface area contributed by atoms with Crippen LogP contribution < -0.4 is 5.32 Å². The lowest BCUT2D eigenvalue weighted by Crippen LogP contribution is -2.58. The number of nitro benzene ring substituents is 1. The number of carboxylic acid groups (broad SMARTS) is 1. The van der Waals surface area contributed by atoms with Crippen molar-refractivity contribution >= 4 is 46.2 Å². The number of carbonyl (C=O) groups excluding carboxylic acids is 3. The van der Waals surface area contributed by atoms with Gasteiger partial charge in [-0.2, -0.15) is 0 Å². The first kappa shape index (κ1) is 22.1. The predicted molar refractivity (Wildman–Crippen MR) is 98.7 cm³/mol. The lowest BCUT2D eigenvalue weighted by molar-refractivity contribution is -0.384. The molecule has 156 valence electrons. The number of thioether (sulfide) groups is 1. The van der Waals surface area contributed by atoms with E-state index < -0.39 is 34.5 Å². The number of hydrogen-bond acceptors (Lipinski definition) is 9. The number of ether oxygens (including phenoxy) is 1. The fraction of sp³-hybridized carbons (Fsp3) is 0.375. The second kappa shape index (κ2) is 9.34. The van der Waals surface area contributed by atoms with E-state index in [-0.39, 0.29) is 29.5 Å². The van der Waals surface area contributed by atoms with Crippen LogP contribution in [0.15, 0.2) is 18.2 Å². The molecule has 3 aliphatic rings. The van der Waals surface area contributed by atoms with Crippen molar-refractivity contribution in [2.45, 2.75) is 38.0 Å². The molecule has 4 rings (SSSR count).